The van der Waals surface area contributed by atoms with Crippen molar-refractivity contribution in [2.75, 3.05) is 16.8 Å². The quantitative estimate of drug-likeness (QED) is 0.612. The van der Waals surface area contributed by atoms with Crippen molar-refractivity contribution >= 4 is 52.2 Å². The molecule has 1 amide bonds. The number of amides is 1. The van der Waals surface area contributed by atoms with Gasteiger partial charge in [0.1, 0.15) is 0 Å². The van der Waals surface area contributed by atoms with Crippen molar-refractivity contribution < 1.29 is 4.79 Å². The van der Waals surface area contributed by atoms with Crippen molar-refractivity contribution in [1.29, 1.82) is 0 Å². The molecular weight excluding hydrogens is 327 g/mol. The highest BCUT2D eigenvalue weighted by Gasteiger charge is 2.05. The largest absolute Gasteiger partial charge is 0.399 e. The van der Waals surface area contributed by atoms with E-state index in [9.17, 15) is 4.79 Å². The average molecular weight is 341 g/mol. The second-order valence-electron chi connectivity index (χ2n) is 4.34. The molecule has 110 valence electrons. The number of rotatable bonds is 5. The lowest BCUT2D eigenvalue weighted by atomic mass is 10.3. The molecule has 0 saturated heterocycles. The second-order valence-corrected chi connectivity index (χ2v) is 6.33. The number of nitrogens with two attached hydrogens (primary N) is 1. The summed E-state index contributed by atoms with van der Waals surface area (Å²) in [6, 6.07) is 12.6. The zero-order valence-electron chi connectivity index (χ0n) is 11.1. The molecule has 0 fully saturated rings. The third kappa shape index (κ3) is 5.16. The Balaban J connectivity index is 1.79. The number of halogens is 2. The van der Waals surface area contributed by atoms with Crippen LogP contribution in [0.1, 0.15) is 6.42 Å². The zero-order chi connectivity index (χ0) is 15.2. The van der Waals surface area contributed by atoms with E-state index in [0.717, 1.165) is 10.6 Å². The summed E-state index contributed by atoms with van der Waals surface area (Å²) >= 11 is 13.3. The summed E-state index contributed by atoms with van der Waals surface area (Å²) in [6.07, 6.45) is 0.412. The number of carbonyl (C=O) groups is 1. The Morgan fingerprint density at radius 1 is 1.10 bits per heavy atom. The maximum absolute atomic E-state index is 11.8. The fourth-order valence-electron chi connectivity index (χ4n) is 1.62. The summed E-state index contributed by atoms with van der Waals surface area (Å²) in [7, 11) is 0. The smallest absolute Gasteiger partial charge is 0.225 e. The van der Waals surface area contributed by atoms with Gasteiger partial charge in [-0.05, 0) is 42.5 Å². The molecule has 0 saturated carbocycles. The number of carbonyl (C=O) groups excluding carboxylic acids is 1. The van der Waals surface area contributed by atoms with Crippen LogP contribution < -0.4 is 11.1 Å². The number of nitrogens with one attached hydrogen (secondary N) is 1. The average Bonchev–Trinajstić information content (AvgIpc) is 2.45. The molecule has 2 aromatic rings. The topological polar surface area (TPSA) is 55.1 Å². The third-order valence-corrected chi connectivity index (χ3v) is 4.43. The summed E-state index contributed by atoms with van der Waals surface area (Å²) in [5.74, 6) is 0.633. The molecule has 3 nitrogen and oxygen atoms in total. The van der Waals surface area contributed by atoms with E-state index in [1.807, 2.05) is 24.3 Å². The van der Waals surface area contributed by atoms with Crippen LogP contribution in [0.5, 0.6) is 0 Å². The molecule has 0 unspecified atom stereocenters. The highest BCUT2D eigenvalue weighted by molar-refractivity contribution is 7.99. The number of hydrogen-bond acceptors (Lipinski definition) is 3. The number of nitrogen functional groups attached to an aromatic ring is 1. The van der Waals surface area contributed by atoms with Gasteiger partial charge in [-0.15, -0.1) is 11.8 Å². The maximum Gasteiger partial charge on any atom is 0.225 e. The van der Waals surface area contributed by atoms with Crippen molar-refractivity contribution in [2.45, 2.75) is 11.3 Å². The van der Waals surface area contributed by atoms with E-state index in [1.54, 1.807) is 30.0 Å². The molecule has 0 heterocycles. The summed E-state index contributed by atoms with van der Waals surface area (Å²) < 4.78 is 0. The van der Waals surface area contributed by atoms with E-state index >= 15 is 0 Å². The monoisotopic (exact) mass is 340 g/mol. The lowest BCUT2D eigenvalue weighted by Gasteiger charge is -2.06. The first-order chi connectivity index (χ1) is 10.0. The molecule has 0 bridgehead atoms. The first-order valence-corrected chi connectivity index (χ1v) is 8.02. The Labute approximate surface area is 137 Å². The predicted octanol–water partition coefficient (Wildman–Crippen LogP) is 4.70. The van der Waals surface area contributed by atoms with Gasteiger partial charge in [0, 0.05) is 28.4 Å². The van der Waals surface area contributed by atoms with Crippen LogP contribution in [0.4, 0.5) is 11.4 Å². The van der Waals surface area contributed by atoms with Gasteiger partial charge in [-0.3, -0.25) is 4.79 Å². The van der Waals surface area contributed by atoms with Crippen LogP contribution in [0, 0.1) is 0 Å². The number of thioether (sulfide) groups is 1. The summed E-state index contributed by atoms with van der Waals surface area (Å²) in [5.41, 5.74) is 7.00. The van der Waals surface area contributed by atoms with Gasteiger partial charge in [-0.2, -0.15) is 0 Å². The molecule has 0 aliphatic rings. The Bertz CT molecular complexity index is 632. The van der Waals surface area contributed by atoms with E-state index in [4.69, 9.17) is 28.9 Å². The van der Waals surface area contributed by atoms with Crippen LogP contribution in [0.25, 0.3) is 0 Å². The van der Waals surface area contributed by atoms with E-state index in [-0.39, 0.29) is 5.91 Å². The molecule has 0 radical (unpaired) electrons. The molecule has 3 N–H and O–H groups in total. The Kier molecular flexibility index (Phi) is 5.79. The SMILES string of the molecule is Nc1ccc(SCCC(=O)Nc2ccc(Cl)c(Cl)c2)cc1. The van der Waals surface area contributed by atoms with Crippen molar-refractivity contribution in [3.63, 3.8) is 0 Å². The molecular formula is C15H14Cl2N2OS. The predicted molar refractivity (Wildman–Crippen MR) is 91.3 cm³/mol. The van der Waals surface area contributed by atoms with E-state index in [1.165, 1.54) is 0 Å². The fraction of sp³-hybridized carbons (Fsp3) is 0.133. The van der Waals surface area contributed by atoms with Crippen LogP contribution >= 0.6 is 35.0 Å². The highest BCUT2D eigenvalue weighted by atomic mass is 35.5. The van der Waals surface area contributed by atoms with Crippen LogP contribution in [0.2, 0.25) is 10.0 Å². The molecule has 6 heteroatoms. The number of hydrogen-bond donors (Lipinski definition) is 2. The van der Waals surface area contributed by atoms with Crippen molar-refractivity contribution in [3.05, 3.63) is 52.5 Å². The van der Waals surface area contributed by atoms with Gasteiger partial charge in [0.2, 0.25) is 5.91 Å². The van der Waals surface area contributed by atoms with Gasteiger partial charge in [-0.1, -0.05) is 23.2 Å². The van der Waals surface area contributed by atoms with Crippen molar-refractivity contribution in [3.8, 4) is 0 Å². The Morgan fingerprint density at radius 2 is 1.81 bits per heavy atom. The first kappa shape index (κ1) is 16.0. The summed E-state index contributed by atoms with van der Waals surface area (Å²) in [4.78, 5) is 12.9. The van der Waals surface area contributed by atoms with Crippen LogP contribution in [-0.2, 0) is 4.79 Å². The van der Waals surface area contributed by atoms with Crippen molar-refractivity contribution in [1.82, 2.24) is 0 Å². The molecule has 0 spiro atoms. The second kappa shape index (κ2) is 7.59. The minimum atomic E-state index is -0.0589. The molecule has 0 aliphatic carbocycles. The third-order valence-electron chi connectivity index (χ3n) is 2.68. The molecule has 0 aromatic heterocycles. The van der Waals surface area contributed by atoms with Gasteiger partial charge >= 0.3 is 0 Å². The lowest BCUT2D eigenvalue weighted by Crippen LogP contribution is -2.12. The van der Waals surface area contributed by atoms with Gasteiger partial charge in [0.15, 0.2) is 0 Å². The molecule has 2 aromatic carbocycles. The molecule has 0 aliphatic heterocycles. The molecule has 2 rings (SSSR count). The summed E-state index contributed by atoms with van der Waals surface area (Å²) in [5, 5.41) is 3.68. The van der Waals surface area contributed by atoms with Gasteiger partial charge in [-0.25, -0.2) is 0 Å². The normalized spacial score (nSPS) is 10.4. The maximum atomic E-state index is 11.8. The zero-order valence-corrected chi connectivity index (χ0v) is 13.4. The van der Waals surface area contributed by atoms with Crippen LogP contribution in [0.15, 0.2) is 47.4 Å². The van der Waals surface area contributed by atoms with Gasteiger partial charge in [0.05, 0.1) is 10.0 Å². The van der Waals surface area contributed by atoms with E-state index in [2.05, 4.69) is 5.32 Å². The van der Waals surface area contributed by atoms with Gasteiger partial charge in [0.25, 0.3) is 0 Å². The Morgan fingerprint density at radius 3 is 2.48 bits per heavy atom. The first-order valence-electron chi connectivity index (χ1n) is 6.28. The minimum absolute atomic E-state index is 0.0589. The van der Waals surface area contributed by atoms with E-state index < -0.39 is 0 Å². The lowest BCUT2D eigenvalue weighted by molar-refractivity contribution is -0.115. The highest BCUT2D eigenvalue weighted by Crippen LogP contribution is 2.25. The van der Waals surface area contributed by atoms with Crippen LogP contribution in [0.3, 0.4) is 0 Å². The van der Waals surface area contributed by atoms with Gasteiger partial charge < -0.3 is 11.1 Å². The molecule has 21 heavy (non-hydrogen) atoms. The number of benzene rings is 2. The summed E-state index contributed by atoms with van der Waals surface area (Å²) in [6.45, 7) is 0. The van der Waals surface area contributed by atoms with E-state index in [0.29, 0.717) is 27.9 Å². The molecule has 0 atom stereocenters. The Hall–Kier alpha value is -1.36. The van der Waals surface area contributed by atoms with Crippen LogP contribution in [-0.4, -0.2) is 11.7 Å². The fourth-order valence-corrected chi connectivity index (χ4v) is 2.77. The number of anilines is 2. The standard InChI is InChI=1S/C15H14Cl2N2OS/c16-13-6-3-11(9-14(13)17)19-15(20)7-8-21-12-4-1-10(18)2-5-12/h1-6,9H,7-8,18H2,(H,19,20). The minimum Gasteiger partial charge on any atom is -0.399 e. The van der Waals surface area contributed by atoms with Crippen molar-refractivity contribution in [2.24, 2.45) is 0 Å².